The molecule has 1 saturated carbocycles. The van der Waals surface area contributed by atoms with E-state index in [2.05, 4.69) is 31.3 Å². The predicted octanol–water partition coefficient (Wildman–Crippen LogP) is 2.56. The Balaban J connectivity index is 2.17. The second kappa shape index (κ2) is 4.23. The number of nitrogens with one attached hydrogen (secondary N) is 1. The molecular formula is C13H19NO. The average molecular weight is 205 g/mol. The van der Waals surface area contributed by atoms with Crippen LogP contribution >= 0.6 is 0 Å². The minimum Gasteiger partial charge on any atom is -0.496 e. The van der Waals surface area contributed by atoms with Crippen molar-refractivity contribution in [3.63, 3.8) is 0 Å². The molecule has 2 nitrogen and oxygen atoms in total. The lowest BCUT2D eigenvalue weighted by Gasteiger charge is -2.13. The van der Waals surface area contributed by atoms with Crippen molar-refractivity contribution in [1.82, 2.24) is 5.32 Å². The first-order valence-electron chi connectivity index (χ1n) is 5.58. The van der Waals surface area contributed by atoms with Gasteiger partial charge in [0.1, 0.15) is 5.75 Å². The summed E-state index contributed by atoms with van der Waals surface area (Å²) in [6.07, 6.45) is 2.65. The van der Waals surface area contributed by atoms with Gasteiger partial charge in [0.15, 0.2) is 0 Å². The molecule has 0 aromatic heterocycles. The summed E-state index contributed by atoms with van der Waals surface area (Å²) < 4.78 is 5.44. The van der Waals surface area contributed by atoms with E-state index in [0.29, 0.717) is 0 Å². The summed E-state index contributed by atoms with van der Waals surface area (Å²) in [4.78, 5) is 0. The molecule has 1 N–H and O–H groups in total. The smallest absolute Gasteiger partial charge is 0.126 e. The molecule has 0 amide bonds. The van der Waals surface area contributed by atoms with Gasteiger partial charge in [0, 0.05) is 18.2 Å². The van der Waals surface area contributed by atoms with E-state index in [1.54, 1.807) is 7.11 Å². The molecule has 1 fully saturated rings. The number of hydrogen-bond acceptors (Lipinski definition) is 2. The maximum atomic E-state index is 5.44. The molecule has 2 heteroatoms. The maximum Gasteiger partial charge on any atom is 0.126 e. The third kappa shape index (κ3) is 2.51. The molecule has 1 aliphatic carbocycles. The first-order chi connectivity index (χ1) is 7.20. The van der Waals surface area contributed by atoms with Crippen LogP contribution in [0.5, 0.6) is 5.75 Å². The van der Waals surface area contributed by atoms with Gasteiger partial charge in [-0.3, -0.25) is 0 Å². The molecule has 0 radical (unpaired) electrons. The van der Waals surface area contributed by atoms with Crippen LogP contribution in [0.25, 0.3) is 0 Å². The maximum absolute atomic E-state index is 5.44. The summed E-state index contributed by atoms with van der Waals surface area (Å²) in [7, 11) is 1.75. The van der Waals surface area contributed by atoms with Gasteiger partial charge in [-0.15, -0.1) is 0 Å². The largest absolute Gasteiger partial charge is 0.496 e. The van der Waals surface area contributed by atoms with Crippen LogP contribution in [0, 0.1) is 13.8 Å². The molecule has 1 aromatic rings. The van der Waals surface area contributed by atoms with Crippen LogP contribution in [0.4, 0.5) is 0 Å². The van der Waals surface area contributed by atoms with Crippen molar-refractivity contribution in [3.05, 3.63) is 28.8 Å². The second-order valence-corrected chi connectivity index (χ2v) is 4.43. The molecule has 0 unspecified atom stereocenters. The Morgan fingerprint density at radius 1 is 1.33 bits per heavy atom. The monoisotopic (exact) mass is 205 g/mol. The Hall–Kier alpha value is -1.02. The van der Waals surface area contributed by atoms with Crippen LogP contribution in [0.2, 0.25) is 0 Å². The Labute approximate surface area is 91.6 Å². The molecule has 1 aliphatic rings. The van der Waals surface area contributed by atoms with Gasteiger partial charge in [-0.1, -0.05) is 17.7 Å². The molecule has 0 atom stereocenters. The van der Waals surface area contributed by atoms with E-state index in [1.807, 2.05) is 0 Å². The van der Waals surface area contributed by atoms with Crippen molar-refractivity contribution in [2.45, 2.75) is 39.3 Å². The van der Waals surface area contributed by atoms with E-state index < -0.39 is 0 Å². The Morgan fingerprint density at radius 3 is 2.67 bits per heavy atom. The highest BCUT2D eigenvalue weighted by Gasteiger charge is 2.20. The van der Waals surface area contributed by atoms with Gasteiger partial charge in [-0.25, -0.2) is 0 Å². The van der Waals surface area contributed by atoms with Gasteiger partial charge in [-0.05, 0) is 32.3 Å². The highest BCUT2D eigenvalue weighted by Crippen LogP contribution is 2.26. The van der Waals surface area contributed by atoms with Crippen LogP contribution in [-0.4, -0.2) is 13.2 Å². The fourth-order valence-corrected chi connectivity index (χ4v) is 2.01. The fraction of sp³-hybridized carbons (Fsp3) is 0.538. The molecule has 2 rings (SSSR count). The SMILES string of the molecule is COc1c(C)cc(C)cc1CNC1CC1. The summed E-state index contributed by atoms with van der Waals surface area (Å²) in [5.41, 5.74) is 3.81. The Bertz CT molecular complexity index is 356. The van der Waals surface area contributed by atoms with Crippen LogP contribution in [0.1, 0.15) is 29.5 Å². The molecule has 1 aromatic carbocycles. The highest BCUT2D eigenvalue weighted by atomic mass is 16.5. The van der Waals surface area contributed by atoms with Crippen LogP contribution in [-0.2, 0) is 6.54 Å². The topological polar surface area (TPSA) is 21.3 Å². The molecule has 0 heterocycles. The van der Waals surface area contributed by atoms with Gasteiger partial charge in [0.2, 0.25) is 0 Å². The predicted molar refractivity (Wildman–Crippen MR) is 62.3 cm³/mol. The van der Waals surface area contributed by atoms with E-state index in [-0.39, 0.29) is 0 Å². The molecule has 0 bridgehead atoms. The first kappa shape index (κ1) is 10.5. The number of ether oxygens (including phenoxy) is 1. The van der Waals surface area contributed by atoms with Crippen molar-refractivity contribution >= 4 is 0 Å². The third-order valence-electron chi connectivity index (χ3n) is 2.86. The van der Waals surface area contributed by atoms with Gasteiger partial charge < -0.3 is 10.1 Å². The lowest BCUT2D eigenvalue weighted by molar-refractivity contribution is 0.404. The van der Waals surface area contributed by atoms with E-state index in [0.717, 1.165) is 18.3 Å². The number of rotatable bonds is 4. The zero-order valence-electron chi connectivity index (χ0n) is 9.76. The van der Waals surface area contributed by atoms with E-state index in [9.17, 15) is 0 Å². The lowest BCUT2D eigenvalue weighted by Crippen LogP contribution is -2.16. The summed E-state index contributed by atoms with van der Waals surface area (Å²) in [5, 5.41) is 3.52. The Morgan fingerprint density at radius 2 is 2.07 bits per heavy atom. The molecule has 15 heavy (non-hydrogen) atoms. The lowest BCUT2D eigenvalue weighted by atomic mass is 10.1. The minimum atomic E-state index is 0.746. The third-order valence-corrected chi connectivity index (χ3v) is 2.86. The van der Waals surface area contributed by atoms with Gasteiger partial charge in [0.25, 0.3) is 0 Å². The van der Waals surface area contributed by atoms with Crippen molar-refractivity contribution in [1.29, 1.82) is 0 Å². The van der Waals surface area contributed by atoms with Gasteiger partial charge in [0.05, 0.1) is 7.11 Å². The van der Waals surface area contributed by atoms with E-state index >= 15 is 0 Å². The number of benzene rings is 1. The van der Waals surface area contributed by atoms with Crippen LogP contribution < -0.4 is 10.1 Å². The molecular weight excluding hydrogens is 186 g/mol. The van der Waals surface area contributed by atoms with Crippen LogP contribution in [0.15, 0.2) is 12.1 Å². The summed E-state index contributed by atoms with van der Waals surface area (Å²) in [6.45, 7) is 5.16. The fourth-order valence-electron chi connectivity index (χ4n) is 2.01. The molecule has 82 valence electrons. The second-order valence-electron chi connectivity index (χ2n) is 4.43. The summed E-state index contributed by atoms with van der Waals surface area (Å²) >= 11 is 0. The van der Waals surface area contributed by atoms with Crippen molar-refractivity contribution in [2.75, 3.05) is 7.11 Å². The molecule has 0 aliphatic heterocycles. The number of methoxy groups -OCH3 is 1. The summed E-state index contributed by atoms with van der Waals surface area (Å²) in [6, 6.07) is 5.12. The minimum absolute atomic E-state index is 0.746. The number of aryl methyl sites for hydroxylation is 2. The Kier molecular flexibility index (Phi) is 2.96. The van der Waals surface area contributed by atoms with Gasteiger partial charge >= 0.3 is 0 Å². The standard InChI is InChI=1S/C13H19NO/c1-9-6-10(2)13(15-3)11(7-9)8-14-12-4-5-12/h6-7,12,14H,4-5,8H2,1-3H3. The summed E-state index contributed by atoms with van der Waals surface area (Å²) in [5.74, 6) is 1.04. The highest BCUT2D eigenvalue weighted by molar-refractivity contribution is 5.43. The zero-order valence-corrected chi connectivity index (χ0v) is 9.76. The molecule has 0 saturated heterocycles. The quantitative estimate of drug-likeness (QED) is 0.815. The first-order valence-corrected chi connectivity index (χ1v) is 5.58. The normalized spacial score (nSPS) is 15.4. The van der Waals surface area contributed by atoms with E-state index in [4.69, 9.17) is 4.74 Å². The van der Waals surface area contributed by atoms with Gasteiger partial charge in [-0.2, -0.15) is 0 Å². The number of hydrogen-bond donors (Lipinski definition) is 1. The van der Waals surface area contributed by atoms with Crippen molar-refractivity contribution in [2.24, 2.45) is 0 Å². The molecule has 0 spiro atoms. The van der Waals surface area contributed by atoms with Crippen molar-refractivity contribution < 1.29 is 4.74 Å². The average Bonchev–Trinajstić information content (AvgIpc) is 2.97. The zero-order chi connectivity index (χ0) is 10.8. The van der Waals surface area contributed by atoms with Crippen molar-refractivity contribution in [3.8, 4) is 5.75 Å². The van der Waals surface area contributed by atoms with E-state index in [1.165, 1.54) is 29.5 Å². The van der Waals surface area contributed by atoms with Crippen LogP contribution in [0.3, 0.4) is 0 Å².